The van der Waals surface area contributed by atoms with E-state index < -0.39 is 12.1 Å². The van der Waals surface area contributed by atoms with Crippen LogP contribution in [0.25, 0.3) is 0 Å². The SMILES string of the molecule is CCCCCCCCC/C=C\CCCCCCCCCC(=O)OCCCCCCCCCCCC/C=C\CCCCCCCCCC(=O)NC(CO)C(O)CCCCCCCCCCCCCC. The Balaban J connectivity index is 3.40. The summed E-state index contributed by atoms with van der Waals surface area (Å²) in [5.74, 6) is -0.0369. The molecule has 3 N–H and O–H groups in total. The van der Waals surface area contributed by atoms with Crippen LogP contribution in [0.2, 0.25) is 0 Å². The zero-order valence-electron chi connectivity index (χ0n) is 45.9. The third kappa shape index (κ3) is 53.7. The molecule has 68 heavy (non-hydrogen) atoms. The molecule has 0 aliphatic rings. The first-order chi connectivity index (χ1) is 33.5. The Hall–Kier alpha value is -1.66. The smallest absolute Gasteiger partial charge is 0.305 e. The maximum atomic E-state index is 12.4. The number of hydrogen-bond acceptors (Lipinski definition) is 5. The third-order valence-electron chi connectivity index (χ3n) is 14.2. The fourth-order valence-corrected chi connectivity index (χ4v) is 9.51. The van der Waals surface area contributed by atoms with Crippen molar-refractivity contribution in [2.24, 2.45) is 0 Å². The van der Waals surface area contributed by atoms with Gasteiger partial charge in [0.05, 0.1) is 25.4 Å². The molecule has 402 valence electrons. The van der Waals surface area contributed by atoms with Gasteiger partial charge in [-0.15, -0.1) is 0 Å². The van der Waals surface area contributed by atoms with E-state index in [1.54, 1.807) is 0 Å². The van der Waals surface area contributed by atoms with E-state index in [1.807, 2.05) is 0 Å². The quantitative estimate of drug-likeness (QED) is 0.0321. The molecule has 0 aromatic rings. The Morgan fingerprint density at radius 1 is 0.397 bits per heavy atom. The number of carbonyl (C=O) groups excluding carboxylic acids is 2. The van der Waals surface area contributed by atoms with Crippen LogP contribution in [0.4, 0.5) is 0 Å². The van der Waals surface area contributed by atoms with Crippen molar-refractivity contribution < 1.29 is 24.5 Å². The van der Waals surface area contributed by atoms with Crippen molar-refractivity contribution in [3.63, 3.8) is 0 Å². The van der Waals surface area contributed by atoms with Crippen LogP contribution >= 0.6 is 0 Å². The molecule has 0 heterocycles. The van der Waals surface area contributed by atoms with Crippen LogP contribution in [0.5, 0.6) is 0 Å². The lowest BCUT2D eigenvalue weighted by Crippen LogP contribution is -2.45. The summed E-state index contributed by atoms with van der Waals surface area (Å²) in [7, 11) is 0. The summed E-state index contributed by atoms with van der Waals surface area (Å²) in [5.41, 5.74) is 0. The fourth-order valence-electron chi connectivity index (χ4n) is 9.51. The molecule has 0 spiro atoms. The van der Waals surface area contributed by atoms with E-state index in [-0.39, 0.29) is 18.5 Å². The molecule has 0 fully saturated rings. The monoisotopic (exact) mass is 958 g/mol. The number of allylic oxidation sites excluding steroid dienone is 4. The number of amides is 1. The number of carbonyl (C=O) groups is 2. The first-order valence-corrected chi connectivity index (χ1v) is 30.6. The summed E-state index contributed by atoms with van der Waals surface area (Å²) < 4.78 is 5.49. The molecule has 0 aromatic carbocycles. The zero-order valence-corrected chi connectivity index (χ0v) is 45.9. The molecule has 0 aromatic heterocycles. The van der Waals surface area contributed by atoms with E-state index in [4.69, 9.17) is 4.74 Å². The molecular weight excluding hydrogens is 839 g/mol. The predicted octanol–water partition coefficient (Wildman–Crippen LogP) is 19.0. The summed E-state index contributed by atoms with van der Waals surface area (Å²) in [5, 5.41) is 23.2. The second-order valence-electron chi connectivity index (χ2n) is 21.0. The van der Waals surface area contributed by atoms with Gasteiger partial charge in [0.1, 0.15) is 0 Å². The van der Waals surface area contributed by atoms with Crippen LogP contribution in [0.1, 0.15) is 335 Å². The molecule has 0 saturated carbocycles. The Labute approximate surface area is 424 Å². The second kappa shape index (κ2) is 57.9. The highest BCUT2D eigenvalue weighted by Crippen LogP contribution is 2.17. The topological polar surface area (TPSA) is 95.9 Å². The van der Waals surface area contributed by atoms with Crippen molar-refractivity contribution in [2.75, 3.05) is 13.2 Å². The lowest BCUT2D eigenvalue weighted by Gasteiger charge is -2.22. The van der Waals surface area contributed by atoms with Gasteiger partial charge in [0.25, 0.3) is 0 Å². The van der Waals surface area contributed by atoms with Crippen LogP contribution in [-0.4, -0.2) is 47.4 Å². The molecule has 1 amide bonds. The highest BCUT2D eigenvalue weighted by Gasteiger charge is 2.20. The van der Waals surface area contributed by atoms with Gasteiger partial charge in [0.15, 0.2) is 0 Å². The van der Waals surface area contributed by atoms with E-state index in [9.17, 15) is 19.8 Å². The van der Waals surface area contributed by atoms with Crippen molar-refractivity contribution in [2.45, 2.75) is 347 Å². The molecule has 2 atom stereocenters. The van der Waals surface area contributed by atoms with Crippen LogP contribution < -0.4 is 5.32 Å². The maximum absolute atomic E-state index is 12.4. The van der Waals surface area contributed by atoms with Crippen molar-refractivity contribution >= 4 is 11.9 Å². The standard InChI is InChI=1S/C62H119NO5/c1-3-5-7-9-11-13-15-17-18-19-26-29-32-36-40-44-48-52-56-62(67)68-57-53-49-45-41-37-33-30-27-24-22-20-21-23-25-28-31-35-39-43-47-51-55-61(66)63-59(58-64)60(65)54-50-46-42-38-34-16-14-12-10-8-6-4-2/h18-19,21,23,59-60,64-65H,3-17,20,22,24-58H2,1-2H3,(H,63,66)/b19-18-,23-21-. The van der Waals surface area contributed by atoms with E-state index in [0.29, 0.717) is 25.9 Å². The van der Waals surface area contributed by atoms with Crippen LogP contribution in [0.15, 0.2) is 24.3 Å². The highest BCUT2D eigenvalue weighted by molar-refractivity contribution is 5.76. The number of aliphatic hydroxyl groups excluding tert-OH is 2. The predicted molar refractivity (Wildman–Crippen MR) is 296 cm³/mol. The van der Waals surface area contributed by atoms with Gasteiger partial charge in [-0.25, -0.2) is 0 Å². The minimum Gasteiger partial charge on any atom is -0.466 e. The van der Waals surface area contributed by atoms with Gasteiger partial charge >= 0.3 is 5.97 Å². The van der Waals surface area contributed by atoms with E-state index in [2.05, 4.69) is 43.5 Å². The molecule has 0 aliphatic carbocycles. The summed E-state index contributed by atoms with van der Waals surface area (Å²) >= 11 is 0. The fraction of sp³-hybridized carbons (Fsp3) is 0.903. The maximum Gasteiger partial charge on any atom is 0.305 e. The number of ether oxygens (including phenoxy) is 1. The van der Waals surface area contributed by atoms with Crippen LogP contribution in [0, 0.1) is 0 Å². The first kappa shape index (κ1) is 66.3. The molecule has 0 rings (SSSR count). The van der Waals surface area contributed by atoms with Crippen LogP contribution in [-0.2, 0) is 14.3 Å². The van der Waals surface area contributed by atoms with Gasteiger partial charge in [-0.1, -0.05) is 269 Å². The lowest BCUT2D eigenvalue weighted by atomic mass is 10.0. The lowest BCUT2D eigenvalue weighted by molar-refractivity contribution is -0.143. The molecule has 0 radical (unpaired) electrons. The minimum atomic E-state index is -0.668. The van der Waals surface area contributed by atoms with Crippen molar-refractivity contribution in [3.05, 3.63) is 24.3 Å². The number of nitrogens with one attached hydrogen (secondary N) is 1. The Morgan fingerprint density at radius 2 is 0.691 bits per heavy atom. The van der Waals surface area contributed by atoms with Crippen molar-refractivity contribution in [3.8, 4) is 0 Å². The number of unbranched alkanes of at least 4 members (excludes halogenated alkanes) is 42. The molecule has 0 saturated heterocycles. The number of esters is 1. The van der Waals surface area contributed by atoms with Gasteiger partial charge in [0.2, 0.25) is 5.91 Å². The van der Waals surface area contributed by atoms with Crippen molar-refractivity contribution in [1.29, 1.82) is 0 Å². The highest BCUT2D eigenvalue weighted by atomic mass is 16.5. The molecule has 6 heteroatoms. The van der Waals surface area contributed by atoms with E-state index in [1.165, 1.54) is 257 Å². The molecule has 2 unspecified atom stereocenters. The first-order valence-electron chi connectivity index (χ1n) is 30.6. The summed E-state index contributed by atoms with van der Waals surface area (Å²) in [6, 6.07) is -0.546. The van der Waals surface area contributed by atoms with Gasteiger partial charge in [-0.2, -0.15) is 0 Å². The van der Waals surface area contributed by atoms with E-state index >= 15 is 0 Å². The largest absolute Gasteiger partial charge is 0.466 e. The third-order valence-corrected chi connectivity index (χ3v) is 14.2. The average Bonchev–Trinajstić information content (AvgIpc) is 3.34. The molecule has 6 nitrogen and oxygen atoms in total. The Kier molecular flexibility index (Phi) is 56.5. The van der Waals surface area contributed by atoms with Gasteiger partial charge in [-0.05, 0) is 77.0 Å². The summed E-state index contributed by atoms with van der Waals surface area (Å²) in [6.45, 7) is 4.95. The summed E-state index contributed by atoms with van der Waals surface area (Å²) in [6.07, 6.45) is 70.4. The second-order valence-corrected chi connectivity index (χ2v) is 21.0. The summed E-state index contributed by atoms with van der Waals surface area (Å²) in [4.78, 5) is 24.5. The number of aliphatic hydroxyl groups is 2. The van der Waals surface area contributed by atoms with Gasteiger partial charge in [-0.3, -0.25) is 9.59 Å². The van der Waals surface area contributed by atoms with Crippen LogP contribution in [0.3, 0.4) is 0 Å². The van der Waals surface area contributed by atoms with E-state index in [0.717, 1.165) is 44.9 Å². The van der Waals surface area contributed by atoms with Crippen molar-refractivity contribution in [1.82, 2.24) is 5.32 Å². The van der Waals surface area contributed by atoms with Gasteiger partial charge in [0, 0.05) is 12.8 Å². The molecule has 0 bridgehead atoms. The Bertz CT molecular complexity index is 1060. The normalized spacial score (nSPS) is 12.7. The number of rotatable bonds is 57. The van der Waals surface area contributed by atoms with Gasteiger partial charge < -0.3 is 20.3 Å². The number of hydrogen-bond donors (Lipinski definition) is 3. The Morgan fingerprint density at radius 3 is 1.04 bits per heavy atom. The minimum absolute atomic E-state index is 0.00559. The molecular formula is C62H119NO5. The molecule has 0 aliphatic heterocycles. The average molecular weight is 959 g/mol. The zero-order chi connectivity index (χ0) is 49.3.